The molecule has 1 aromatic heterocycles. The second-order valence-electron chi connectivity index (χ2n) is 3.90. The van der Waals surface area contributed by atoms with Crippen molar-refractivity contribution in [3.05, 3.63) is 24.0 Å². The Labute approximate surface area is 97.9 Å². The van der Waals surface area contributed by atoms with E-state index in [0.29, 0.717) is 11.4 Å². The van der Waals surface area contributed by atoms with E-state index in [1.165, 1.54) is 11.1 Å². The molecule has 0 aliphatic carbocycles. The summed E-state index contributed by atoms with van der Waals surface area (Å²) in [5.74, 6) is 0. The van der Waals surface area contributed by atoms with Crippen LogP contribution in [0.4, 0.5) is 18.9 Å². The van der Waals surface area contributed by atoms with Gasteiger partial charge in [0.1, 0.15) is 0 Å². The molecule has 3 nitrogen and oxygen atoms in total. The van der Waals surface area contributed by atoms with Gasteiger partial charge in [0, 0.05) is 13.6 Å². The quantitative estimate of drug-likeness (QED) is 0.889. The van der Waals surface area contributed by atoms with E-state index in [2.05, 4.69) is 4.98 Å². The number of hydrogen-bond donors (Lipinski definition) is 1. The molecule has 96 valence electrons. The second kappa shape index (κ2) is 5.35. The molecule has 0 aliphatic heterocycles. The Balaban J connectivity index is 2.60. The predicted octanol–water partition coefficient (Wildman–Crippen LogP) is 2.52. The zero-order valence-electron chi connectivity index (χ0n) is 9.70. The average Bonchev–Trinajstić information content (AvgIpc) is 2.25. The molecule has 17 heavy (non-hydrogen) atoms. The number of hydrogen-bond acceptors (Lipinski definition) is 3. The van der Waals surface area contributed by atoms with Crippen molar-refractivity contribution in [2.75, 3.05) is 18.5 Å². The van der Waals surface area contributed by atoms with Crippen LogP contribution in [0.3, 0.4) is 0 Å². The van der Waals surface area contributed by atoms with Gasteiger partial charge in [-0.3, -0.25) is 4.98 Å². The topological polar surface area (TPSA) is 36.4 Å². The molecule has 0 unspecified atom stereocenters. The van der Waals surface area contributed by atoms with Gasteiger partial charge < -0.3 is 10.0 Å². The maximum atomic E-state index is 12.0. The van der Waals surface area contributed by atoms with E-state index in [9.17, 15) is 18.3 Å². The molecule has 0 aliphatic rings. The number of pyridine rings is 1. The summed E-state index contributed by atoms with van der Waals surface area (Å²) in [6.45, 7) is 1.47. The summed E-state index contributed by atoms with van der Waals surface area (Å²) < 4.78 is 36.1. The highest BCUT2D eigenvalue weighted by Gasteiger charge is 2.27. The van der Waals surface area contributed by atoms with Crippen LogP contribution in [0, 0.1) is 0 Å². The Hall–Kier alpha value is -1.30. The van der Waals surface area contributed by atoms with Crippen molar-refractivity contribution in [2.24, 2.45) is 0 Å². The summed E-state index contributed by atoms with van der Waals surface area (Å²) in [4.78, 5) is 5.45. The van der Waals surface area contributed by atoms with Crippen molar-refractivity contribution in [3.8, 4) is 0 Å². The third-order valence-electron chi connectivity index (χ3n) is 2.37. The molecule has 0 amide bonds. The van der Waals surface area contributed by atoms with E-state index in [-0.39, 0.29) is 6.54 Å². The zero-order valence-corrected chi connectivity index (χ0v) is 9.70. The van der Waals surface area contributed by atoms with Crippen LogP contribution in [0.1, 0.15) is 25.1 Å². The Morgan fingerprint density at radius 2 is 2.06 bits per heavy atom. The van der Waals surface area contributed by atoms with Gasteiger partial charge in [-0.2, -0.15) is 13.2 Å². The molecule has 1 aromatic rings. The van der Waals surface area contributed by atoms with Crippen LogP contribution in [0.15, 0.2) is 18.3 Å². The van der Waals surface area contributed by atoms with Gasteiger partial charge in [-0.15, -0.1) is 0 Å². The highest BCUT2D eigenvalue weighted by Crippen LogP contribution is 2.21. The number of halogens is 3. The van der Waals surface area contributed by atoms with Gasteiger partial charge in [0.05, 0.1) is 30.1 Å². The summed E-state index contributed by atoms with van der Waals surface area (Å²) in [5.41, 5.74) is 1.09. The summed E-state index contributed by atoms with van der Waals surface area (Å²) >= 11 is 0. The number of alkyl halides is 3. The number of aliphatic hydroxyl groups excluding tert-OH is 1. The van der Waals surface area contributed by atoms with Crippen LogP contribution in [0.2, 0.25) is 0 Å². The standard InChI is InChI=1S/C11H15F3N2O/c1-8(17)10-4-3-9(7-15-10)16(2)6-5-11(12,13)14/h3-4,7-8,17H,5-6H2,1-2H3/t8-/m1/s1. The fourth-order valence-electron chi connectivity index (χ4n) is 1.29. The maximum absolute atomic E-state index is 12.0. The summed E-state index contributed by atoms with van der Waals surface area (Å²) in [7, 11) is 1.57. The van der Waals surface area contributed by atoms with Gasteiger partial charge in [0.15, 0.2) is 0 Å². The number of aromatic nitrogens is 1. The number of rotatable bonds is 4. The fourth-order valence-corrected chi connectivity index (χ4v) is 1.29. The number of aliphatic hydroxyl groups is 1. The lowest BCUT2D eigenvalue weighted by Gasteiger charge is -2.20. The van der Waals surface area contributed by atoms with Crippen LogP contribution in [-0.4, -0.2) is 29.9 Å². The molecular formula is C11H15F3N2O. The Morgan fingerprint density at radius 1 is 1.41 bits per heavy atom. The monoisotopic (exact) mass is 248 g/mol. The van der Waals surface area contributed by atoms with Crippen molar-refractivity contribution in [1.29, 1.82) is 0 Å². The smallest absolute Gasteiger partial charge is 0.387 e. The van der Waals surface area contributed by atoms with Crippen molar-refractivity contribution >= 4 is 5.69 Å². The van der Waals surface area contributed by atoms with E-state index in [1.54, 1.807) is 26.1 Å². The van der Waals surface area contributed by atoms with Crippen molar-refractivity contribution in [1.82, 2.24) is 4.98 Å². The van der Waals surface area contributed by atoms with Crippen molar-refractivity contribution in [2.45, 2.75) is 25.6 Å². The summed E-state index contributed by atoms with van der Waals surface area (Å²) in [5, 5.41) is 9.24. The molecule has 6 heteroatoms. The first-order chi connectivity index (χ1) is 7.79. The van der Waals surface area contributed by atoms with E-state index >= 15 is 0 Å². The molecule has 0 saturated carbocycles. The minimum absolute atomic E-state index is 0.112. The van der Waals surface area contributed by atoms with Crippen LogP contribution in [0.5, 0.6) is 0 Å². The molecule has 0 saturated heterocycles. The lowest BCUT2D eigenvalue weighted by molar-refractivity contribution is -0.132. The molecule has 1 atom stereocenters. The Kier molecular flexibility index (Phi) is 4.34. The van der Waals surface area contributed by atoms with Gasteiger partial charge in [-0.1, -0.05) is 0 Å². The minimum atomic E-state index is -4.15. The third-order valence-corrected chi connectivity index (χ3v) is 2.37. The first-order valence-corrected chi connectivity index (χ1v) is 5.21. The zero-order chi connectivity index (χ0) is 13.1. The first-order valence-electron chi connectivity index (χ1n) is 5.21. The number of nitrogens with zero attached hydrogens (tertiary/aromatic N) is 2. The summed E-state index contributed by atoms with van der Waals surface area (Å²) in [6, 6.07) is 3.25. The van der Waals surface area contributed by atoms with Gasteiger partial charge in [0.2, 0.25) is 0 Å². The maximum Gasteiger partial charge on any atom is 0.390 e. The van der Waals surface area contributed by atoms with Crippen LogP contribution >= 0.6 is 0 Å². The van der Waals surface area contributed by atoms with Gasteiger partial charge in [-0.05, 0) is 19.1 Å². The van der Waals surface area contributed by atoms with Crippen molar-refractivity contribution < 1.29 is 18.3 Å². The van der Waals surface area contributed by atoms with E-state index < -0.39 is 18.7 Å². The van der Waals surface area contributed by atoms with Gasteiger partial charge >= 0.3 is 6.18 Å². The third kappa shape index (κ3) is 4.60. The number of anilines is 1. The largest absolute Gasteiger partial charge is 0.390 e. The molecule has 1 heterocycles. The highest BCUT2D eigenvalue weighted by atomic mass is 19.4. The molecule has 0 spiro atoms. The molecule has 0 bridgehead atoms. The summed E-state index contributed by atoms with van der Waals surface area (Å²) in [6.07, 6.45) is -4.23. The molecule has 0 fully saturated rings. The van der Waals surface area contributed by atoms with E-state index in [1.807, 2.05) is 0 Å². The predicted molar refractivity (Wildman–Crippen MR) is 58.8 cm³/mol. The van der Waals surface area contributed by atoms with Crippen LogP contribution in [-0.2, 0) is 0 Å². The van der Waals surface area contributed by atoms with Gasteiger partial charge in [0.25, 0.3) is 0 Å². The molecule has 0 radical (unpaired) electrons. The first kappa shape index (κ1) is 13.8. The lowest BCUT2D eigenvalue weighted by Crippen LogP contribution is -2.24. The average molecular weight is 248 g/mol. The van der Waals surface area contributed by atoms with E-state index in [4.69, 9.17) is 0 Å². The second-order valence-corrected chi connectivity index (χ2v) is 3.90. The minimum Gasteiger partial charge on any atom is -0.387 e. The Morgan fingerprint density at radius 3 is 2.47 bits per heavy atom. The molecule has 1 N–H and O–H groups in total. The van der Waals surface area contributed by atoms with Crippen LogP contribution in [0.25, 0.3) is 0 Å². The molecule has 1 rings (SSSR count). The SMILES string of the molecule is C[C@@H](O)c1ccc(N(C)CCC(F)(F)F)cn1. The highest BCUT2D eigenvalue weighted by molar-refractivity contribution is 5.43. The lowest BCUT2D eigenvalue weighted by atomic mass is 10.2. The molecule has 0 aromatic carbocycles. The normalized spacial score (nSPS) is 13.5. The van der Waals surface area contributed by atoms with E-state index in [0.717, 1.165) is 0 Å². The van der Waals surface area contributed by atoms with Crippen molar-refractivity contribution in [3.63, 3.8) is 0 Å². The molecular weight excluding hydrogens is 233 g/mol. The Bertz CT molecular complexity index is 349. The van der Waals surface area contributed by atoms with Crippen LogP contribution < -0.4 is 4.90 Å². The fraction of sp³-hybridized carbons (Fsp3) is 0.545. The van der Waals surface area contributed by atoms with Gasteiger partial charge in [-0.25, -0.2) is 0 Å².